The Labute approximate surface area is 246 Å². The molecule has 0 bridgehead atoms. The lowest BCUT2D eigenvalue weighted by atomic mass is 10.0. The summed E-state index contributed by atoms with van der Waals surface area (Å²) in [7, 11) is -3.80. The van der Waals surface area contributed by atoms with Crippen LogP contribution in [0.2, 0.25) is 0 Å². The van der Waals surface area contributed by atoms with Gasteiger partial charge in [0.1, 0.15) is 12.6 Å². The van der Waals surface area contributed by atoms with Crippen LogP contribution in [0.5, 0.6) is 0 Å². The lowest BCUT2D eigenvalue weighted by Crippen LogP contribution is -2.53. The van der Waals surface area contributed by atoms with Crippen molar-refractivity contribution in [3.63, 3.8) is 0 Å². The topological polar surface area (TPSA) is 86.8 Å². The number of nitrogens with one attached hydrogen (secondary N) is 1. The molecular weight excluding hydrogens is 590 g/mol. The van der Waals surface area contributed by atoms with Crippen molar-refractivity contribution in [1.82, 2.24) is 10.2 Å². The van der Waals surface area contributed by atoms with Crippen LogP contribution in [0, 0.1) is 13.8 Å². The zero-order valence-corrected chi connectivity index (χ0v) is 26.0. The Morgan fingerprint density at radius 1 is 0.925 bits per heavy atom. The second kappa shape index (κ2) is 14.5. The van der Waals surface area contributed by atoms with Crippen LogP contribution >= 0.6 is 15.9 Å². The molecule has 0 saturated heterocycles. The van der Waals surface area contributed by atoms with E-state index < -0.39 is 28.5 Å². The minimum atomic E-state index is -3.80. The molecule has 0 saturated carbocycles. The summed E-state index contributed by atoms with van der Waals surface area (Å²) in [5, 5.41) is 2.99. The Morgan fingerprint density at radius 2 is 1.57 bits per heavy atom. The van der Waals surface area contributed by atoms with Crippen LogP contribution in [0.1, 0.15) is 42.0 Å². The van der Waals surface area contributed by atoms with Gasteiger partial charge in [0.15, 0.2) is 0 Å². The smallest absolute Gasteiger partial charge is 0.244 e. The molecule has 0 aliphatic rings. The quantitative estimate of drug-likeness (QED) is 0.258. The maximum absolute atomic E-state index is 14.1. The monoisotopic (exact) mass is 627 g/mol. The first-order chi connectivity index (χ1) is 19.0. The normalized spacial score (nSPS) is 12.0. The van der Waals surface area contributed by atoms with Crippen molar-refractivity contribution >= 4 is 43.5 Å². The van der Waals surface area contributed by atoms with Crippen LogP contribution in [0.4, 0.5) is 5.69 Å². The molecule has 7 nitrogen and oxygen atoms in total. The van der Waals surface area contributed by atoms with Crippen LogP contribution in [-0.4, -0.2) is 50.5 Å². The highest BCUT2D eigenvalue weighted by Crippen LogP contribution is 2.23. The summed E-state index contributed by atoms with van der Waals surface area (Å²) >= 11 is 3.49. The fourth-order valence-electron chi connectivity index (χ4n) is 4.60. The number of benzene rings is 3. The minimum Gasteiger partial charge on any atom is -0.354 e. The van der Waals surface area contributed by atoms with Crippen molar-refractivity contribution in [3.8, 4) is 0 Å². The number of carbonyl (C=O) groups is 2. The number of amides is 2. The van der Waals surface area contributed by atoms with E-state index in [-0.39, 0.29) is 12.5 Å². The number of sulfonamides is 1. The number of hydrogen-bond acceptors (Lipinski definition) is 4. The van der Waals surface area contributed by atoms with Gasteiger partial charge < -0.3 is 10.2 Å². The van der Waals surface area contributed by atoms with E-state index in [0.29, 0.717) is 18.7 Å². The van der Waals surface area contributed by atoms with Gasteiger partial charge in [0, 0.05) is 24.0 Å². The van der Waals surface area contributed by atoms with Gasteiger partial charge in [-0.3, -0.25) is 13.9 Å². The van der Waals surface area contributed by atoms with E-state index in [1.165, 1.54) is 4.90 Å². The lowest BCUT2D eigenvalue weighted by molar-refractivity contribution is -0.140. The molecule has 0 heterocycles. The average Bonchev–Trinajstić information content (AvgIpc) is 2.88. The highest BCUT2D eigenvalue weighted by molar-refractivity contribution is 9.10. The molecule has 0 aliphatic carbocycles. The maximum atomic E-state index is 14.1. The zero-order valence-electron chi connectivity index (χ0n) is 23.6. The van der Waals surface area contributed by atoms with Crippen LogP contribution in [-0.2, 0) is 32.6 Å². The fraction of sp³-hybridized carbons (Fsp3) is 0.355. The molecule has 1 unspecified atom stereocenters. The Hall–Kier alpha value is -3.17. The molecule has 40 heavy (non-hydrogen) atoms. The van der Waals surface area contributed by atoms with E-state index in [4.69, 9.17) is 0 Å². The Bertz CT molecular complexity index is 1390. The first-order valence-electron chi connectivity index (χ1n) is 13.4. The highest BCUT2D eigenvalue weighted by Gasteiger charge is 2.33. The van der Waals surface area contributed by atoms with E-state index in [0.717, 1.165) is 50.1 Å². The molecule has 9 heteroatoms. The summed E-state index contributed by atoms with van der Waals surface area (Å²) in [5.41, 5.74) is 3.92. The summed E-state index contributed by atoms with van der Waals surface area (Å²) in [6.45, 7) is 6.02. The summed E-state index contributed by atoms with van der Waals surface area (Å²) in [5.74, 6) is -0.728. The molecule has 0 aromatic heterocycles. The van der Waals surface area contributed by atoms with E-state index >= 15 is 0 Å². The van der Waals surface area contributed by atoms with Crippen LogP contribution in [0.15, 0.2) is 77.3 Å². The predicted octanol–water partition coefficient (Wildman–Crippen LogP) is 5.39. The third kappa shape index (κ3) is 9.20. The molecule has 3 aromatic rings. The first-order valence-corrected chi connectivity index (χ1v) is 16.0. The van der Waals surface area contributed by atoms with Gasteiger partial charge in [-0.1, -0.05) is 77.8 Å². The number of anilines is 1. The van der Waals surface area contributed by atoms with Gasteiger partial charge in [-0.05, 0) is 66.8 Å². The minimum absolute atomic E-state index is 0.140. The molecule has 0 fully saturated rings. The molecule has 0 spiro atoms. The Balaban J connectivity index is 2.05. The van der Waals surface area contributed by atoms with Gasteiger partial charge in [0.05, 0.1) is 11.9 Å². The van der Waals surface area contributed by atoms with Crippen molar-refractivity contribution in [1.29, 1.82) is 0 Å². The number of aryl methyl sites for hydroxylation is 2. The molecule has 3 rings (SSSR count). The average molecular weight is 629 g/mol. The van der Waals surface area contributed by atoms with Crippen LogP contribution in [0.25, 0.3) is 0 Å². The van der Waals surface area contributed by atoms with Crippen molar-refractivity contribution in [2.24, 2.45) is 0 Å². The third-order valence-electron chi connectivity index (χ3n) is 6.52. The number of hydrogen-bond donors (Lipinski definition) is 1. The fourth-order valence-corrected chi connectivity index (χ4v) is 5.88. The van der Waals surface area contributed by atoms with Gasteiger partial charge in [0.2, 0.25) is 21.8 Å². The largest absolute Gasteiger partial charge is 0.354 e. The molecule has 1 N–H and O–H groups in total. The van der Waals surface area contributed by atoms with Crippen molar-refractivity contribution < 1.29 is 18.0 Å². The summed E-state index contributed by atoms with van der Waals surface area (Å²) in [6, 6.07) is 21.7. The van der Waals surface area contributed by atoms with Crippen LogP contribution in [0.3, 0.4) is 0 Å². The Morgan fingerprint density at radius 3 is 2.17 bits per heavy atom. The molecule has 1 atom stereocenters. The molecule has 3 aromatic carbocycles. The molecule has 0 radical (unpaired) electrons. The SMILES string of the molecule is CCCCNC(=O)C(Cc1ccccc1)N(Cc1cccc(Br)c1)C(=O)CN(c1cc(C)cc(C)c1)S(C)(=O)=O. The first kappa shape index (κ1) is 31.4. The summed E-state index contributed by atoms with van der Waals surface area (Å²) in [4.78, 5) is 29.3. The van der Waals surface area contributed by atoms with Gasteiger partial charge in [0.25, 0.3) is 0 Å². The molecular formula is C31H38BrN3O4S. The van der Waals surface area contributed by atoms with E-state index in [1.807, 2.05) is 81.4 Å². The Kier molecular flexibility index (Phi) is 11.3. The summed E-state index contributed by atoms with van der Waals surface area (Å²) < 4.78 is 27.9. The van der Waals surface area contributed by atoms with Gasteiger partial charge in [-0.15, -0.1) is 0 Å². The molecule has 2 amide bonds. The maximum Gasteiger partial charge on any atom is 0.244 e. The lowest BCUT2D eigenvalue weighted by Gasteiger charge is -2.33. The highest BCUT2D eigenvalue weighted by atomic mass is 79.9. The van der Waals surface area contributed by atoms with Crippen molar-refractivity contribution in [3.05, 3.63) is 99.5 Å². The number of halogens is 1. The van der Waals surface area contributed by atoms with Gasteiger partial charge in [-0.2, -0.15) is 0 Å². The van der Waals surface area contributed by atoms with Crippen molar-refractivity contribution in [2.75, 3.05) is 23.7 Å². The summed E-state index contributed by atoms with van der Waals surface area (Å²) in [6.07, 6.45) is 3.12. The number of nitrogens with zero attached hydrogens (tertiary/aromatic N) is 2. The predicted molar refractivity (Wildman–Crippen MR) is 165 cm³/mol. The second-order valence-corrected chi connectivity index (χ2v) is 12.9. The van der Waals surface area contributed by atoms with Crippen molar-refractivity contribution in [2.45, 2.75) is 52.6 Å². The van der Waals surface area contributed by atoms with Gasteiger partial charge >= 0.3 is 0 Å². The molecule has 0 aliphatic heterocycles. The number of carbonyl (C=O) groups excluding carboxylic acids is 2. The standard InChI is InChI=1S/C31H38BrN3O4S/c1-5-6-15-33-31(37)29(20-25-11-8-7-9-12-25)34(21-26-13-10-14-27(32)19-26)30(36)22-35(40(4,38)39)28-17-23(2)16-24(3)18-28/h7-14,16-19,29H,5-6,15,20-22H2,1-4H3,(H,33,37). The van der Waals surface area contributed by atoms with E-state index in [2.05, 4.69) is 21.2 Å². The zero-order chi connectivity index (χ0) is 29.3. The molecule has 214 valence electrons. The van der Waals surface area contributed by atoms with E-state index in [9.17, 15) is 18.0 Å². The second-order valence-electron chi connectivity index (χ2n) is 10.1. The number of rotatable bonds is 13. The van der Waals surface area contributed by atoms with Gasteiger partial charge in [-0.25, -0.2) is 8.42 Å². The van der Waals surface area contributed by atoms with E-state index in [1.54, 1.807) is 12.1 Å². The third-order valence-corrected chi connectivity index (χ3v) is 8.15. The number of unbranched alkanes of at least 4 members (excludes halogenated alkanes) is 1. The van der Waals surface area contributed by atoms with Crippen LogP contribution < -0.4 is 9.62 Å².